The van der Waals surface area contributed by atoms with Crippen LogP contribution in [-0.4, -0.2) is 52.0 Å². The predicted octanol–water partition coefficient (Wildman–Crippen LogP) is 1.52. The van der Waals surface area contributed by atoms with Crippen LogP contribution in [0.3, 0.4) is 0 Å². The predicted molar refractivity (Wildman–Crippen MR) is 64.2 cm³/mol. The van der Waals surface area contributed by atoms with Gasteiger partial charge in [-0.3, -0.25) is 4.90 Å². The standard InChI is InChI=1S/C12H24N2O2/c1-12(2,11-13)5-6-14(7-9-15-3)8-10-16-4/h5-10H2,1-4H3. The number of ether oxygens (including phenoxy) is 2. The largest absolute Gasteiger partial charge is 0.383 e. The lowest BCUT2D eigenvalue weighted by Gasteiger charge is -2.24. The van der Waals surface area contributed by atoms with E-state index in [1.54, 1.807) is 14.2 Å². The normalized spacial score (nSPS) is 11.8. The molecule has 0 aromatic carbocycles. The van der Waals surface area contributed by atoms with E-state index in [0.29, 0.717) is 0 Å². The first-order valence-electron chi connectivity index (χ1n) is 5.67. The first-order valence-corrected chi connectivity index (χ1v) is 5.67. The van der Waals surface area contributed by atoms with Crippen LogP contribution in [0.4, 0.5) is 0 Å². The molecule has 94 valence electrons. The minimum absolute atomic E-state index is 0.252. The van der Waals surface area contributed by atoms with Crippen molar-refractivity contribution in [1.82, 2.24) is 4.90 Å². The van der Waals surface area contributed by atoms with E-state index < -0.39 is 0 Å². The number of hydrogen-bond acceptors (Lipinski definition) is 4. The van der Waals surface area contributed by atoms with Gasteiger partial charge in [-0.2, -0.15) is 5.26 Å². The van der Waals surface area contributed by atoms with Gasteiger partial charge in [-0.15, -0.1) is 0 Å². The van der Waals surface area contributed by atoms with Crippen LogP contribution in [0, 0.1) is 16.7 Å². The van der Waals surface area contributed by atoms with Gasteiger partial charge < -0.3 is 9.47 Å². The summed E-state index contributed by atoms with van der Waals surface area (Å²) < 4.78 is 10.1. The zero-order valence-corrected chi connectivity index (χ0v) is 11.0. The van der Waals surface area contributed by atoms with Gasteiger partial charge in [0.25, 0.3) is 0 Å². The summed E-state index contributed by atoms with van der Waals surface area (Å²) in [6.45, 7) is 8.07. The zero-order chi connectivity index (χ0) is 12.4. The van der Waals surface area contributed by atoms with Crippen molar-refractivity contribution in [1.29, 1.82) is 5.26 Å². The van der Waals surface area contributed by atoms with E-state index in [-0.39, 0.29) is 5.41 Å². The number of hydrogen-bond donors (Lipinski definition) is 0. The summed E-state index contributed by atoms with van der Waals surface area (Å²) in [5.74, 6) is 0. The number of nitriles is 1. The molecule has 0 radical (unpaired) electrons. The molecule has 4 heteroatoms. The van der Waals surface area contributed by atoms with Gasteiger partial charge in [0, 0.05) is 27.3 Å². The van der Waals surface area contributed by atoms with Gasteiger partial charge in [-0.25, -0.2) is 0 Å². The average molecular weight is 228 g/mol. The van der Waals surface area contributed by atoms with Crippen molar-refractivity contribution in [3.63, 3.8) is 0 Å². The maximum atomic E-state index is 8.94. The molecule has 0 aliphatic heterocycles. The summed E-state index contributed by atoms with van der Waals surface area (Å²) in [6.07, 6.45) is 0.872. The average Bonchev–Trinajstić information content (AvgIpc) is 2.28. The van der Waals surface area contributed by atoms with Gasteiger partial charge >= 0.3 is 0 Å². The Kier molecular flexibility index (Phi) is 8.18. The van der Waals surface area contributed by atoms with Crippen LogP contribution in [0.25, 0.3) is 0 Å². The summed E-state index contributed by atoms with van der Waals surface area (Å²) >= 11 is 0. The Morgan fingerprint density at radius 2 is 1.56 bits per heavy atom. The van der Waals surface area contributed by atoms with Crippen LogP contribution >= 0.6 is 0 Å². The fourth-order valence-corrected chi connectivity index (χ4v) is 1.27. The van der Waals surface area contributed by atoms with Gasteiger partial charge in [-0.05, 0) is 26.8 Å². The maximum Gasteiger partial charge on any atom is 0.0684 e. The first kappa shape index (κ1) is 15.4. The van der Waals surface area contributed by atoms with E-state index in [9.17, 15) is 0 Å². The van der Waals surface area contributed by atoms with Gasteiger partial charge in [0.1, 0.15) is 0 Å². The van der Waals surface area contributed by atoms with E-state index in [0.717, 1.165) is 39.3 Å². The third kappa shape index (κ3) is 7.63. The van der Waals surface area contributed by atoms with Crippen molar-refractivity contribution in [3.05, 3.63) is 0 Å². The van der Waals surface area contributed by atoms with Gasteiger partial charge in [0.15, 0.2) is 0 Å². The lowest BCUT2D eigenvalue weighted by atomic mass is 9.91. The van der Waals surface area contributed by atoms with Gasteiger partial charge in [-0.1, -0.05) is 0 Å². The number of methoxy groups -OCH3 is 2. The number of rotatable bonds is 9. The highest BCUT2D eigenvalue weighted by Crippen LogP contribution is 2.18. The number of nitrogens with zero attached hydrogens (tertiary/aromatic N) is 2. The Labute approximate surface area is 99.1 Å². The fourth-order valence-electron chi connectivity index (χ4n) is 1.27. The first-order chi connectivity index (χ1) is 7.55. The smallest absolute Gasteiger partial charge is 0.0684 e. The monoisotopic (exact) mass is 228 g/mol. The second-order valence-corrected chi connectivity index (χ2v) is 4.57. The lowest BCUT2D eigenvalue weighted by Crippen LogP contribution is -2.33. The van der Waals surface area contributed by atoms with Crippen LogP contribution in [0.15, 0.2) is 0 Å². The minimum Gasteiger partial charge on any atom is -0.383 e. The van der Waals surface area contributed by atoms with Crippen molar-refractivity contribution in [2.45, 2.75) is 20.3 Å². The molecule has 0 saturated carbocycles. The van der Waals surface area contributed by atoms with Crippen LogP contribution in [0.5, 0.6) is 0 Å². The summed E-state index contributed by atoms with van der Waals surface area (Å²) in [5, 5.41) is 8.94. The Bertz CT molecular complexity index is 204. The van der Waals surface area contributed by atoms with Crippen molar-refractivity contribution in [2.75, 3.05) is 47.1 Å². The summed E-state index contributed by atoms with van der Waals surface area (Å²) in [7, 11) is 3.40. The molecular formula is C12H24N2O2. The molecule has 0 unspecified atom stereocenters. The highest BCUT2D eigenvalue weighted by atomic mass is 16.5. The molecule has 0 saturated heterocycles. The highest BCUT2D eigenvalue weighted by molar-refractivity contribution is 4.92. The molecule has 0 aliphatic rings. The molecule has 4 nitrogen and oxygen atoms in total. The third-order valence-electron chi connectivity index (χ3n) is 2.58. The Hall–Kier alpha value is -0.630. The van der Waals surface area contributed by atoms with E-state index in [1.165, 1.54) is 0 Å². The second-order valence-electron chi connectivity index (χ2n) is 4.57. The molecule has 0 atom stereocenters. The van der Waals surface area contributed by atoms with E-state index in [1.807, 2.05) is 13.8 Å². The molecule has 0 fully saturated rings. The van der Waals surface area contributed by atoms with E-state index >= 15 is 0 Å². The Morgan fingerprint density at radius 3 is 1.94 bits per heavy atom. The maximum absolute atomic E-state index is 8.94. The molecule has 0 heterocycles. The summed E-state index contributed by atoms with van der Waals surface area (Å²) in [4.78, 5) is 2.27. The highest BCUT2D eigenvalue weighted by Gasteiger charge is 2.18. The van der Waals surface area contributed by atoms with Crippen LogP contribution in [-0.2, 0) is 9.47 Å². The molecule has 0 aromatic heterocycles. The molecule has 16 heavy (non-hydrogen) atoms. The van der Waals surface area contributed by atoms with Crippen molar-refractivity contribution in [2.24, 2.45) is 5.41 Å². The fraction of sp³-hybridized carbons (Fsp3) is 0.917. The molecule has 0 bridgehead atoms. The minimum atomic E-state index is -0.252. The SMILES string of the molecule is COCCN(CCOC)CCC(C)(C)C#N. The molecular weight excluding hydrogens is 204 g/mol. The summed E-state index contributed by atoms with van der Waals surface area (Å²) in [6, 6.07) is 2.32. The van der Waals surface area contributed by atoms with Crippen molar-refractivity contribution < 1.29 is 9.47 Å². The van der Waals surface area contributed by atoms with Crippen LogP contribution in [0.1, 0.15) is 20.3 Å². The molecule has 0 N–H and O–H groups in total. The molecule has 0 aromatic rings. The quantitative estimate of drug-likeness (QED) is 0.600. The third-order valence-corrected chi connectivity index (χ3v) is 2.58. The van der Waals surface area contributed by atoms with E-state index in [4.69, 9.17) is 14.7 Å². The second kappa shape index (κ2) is 8.51. The van der Waals surface area contributed by atoms with Gasteiger partial charge in [0.05, 0.1) is 24.7 Å². The van der Waals surface area contributed by atoms with Crippen molar-refractivity contribution >= 4 is 0 Å². The summed E-state index contributed by atoms with van der Waals surface area (Å²) in [5.41, 5.74) is -0.252. The molecule has 0 aliphatic carbocycles. The zero-order valence-electron chi connectivity index (χ0n) is 11.0. The lowest BCUT2D eigenvalue weighted by molar-refractivity contribution is 0.108. The molecule has 0 rings (SSSR count). The van der Waals surface area contributed by atoms with Crippen molar-refractivity contribution in [3.8, 4) is 6.07 Å². The topological polar surface area (TPSA) is 45.5 Å². The van der Waals surface area contributed by atoms with E-state index in [2.05, 4.69) is 11.0 Å². The van der Waals surface area contributed by atoms with Gasteiger partial charge in [0.2, 0.25) is 0 Å². The molecule has 0 amide bonds. The van der Waals surface area contributed by atoms with Crippen LogP contribution < -0.4 is 0 Å². The molecule has 0 spiro atoms. The Morgan fingerprint density at radius 1 is 1.06 bits per heavy atom. The Balaban J connectivity index is 3.95. The van der Waals surface area contributed by atoms with Crippen LogP contribution in [0.2, 0.25) is 0 Å².